The summed E-state index contributed by atoms with van der Waals surface area (Å²) >= 11 is 0. The summed E-state index contributed by atoms with van der Waals surface area (Å²) in [6.45, 7) is 7.70. The molecule has 1 unspecified atom stereocenters. The van der Waals surface area contributed by atoms with Crippen molar-refractivity contribution in [1.29, 1.82) is 5.26 Å². The van der Waals surface area contributed by atoms with Crippen molar-refractivity contribution >= 4 is 6.16 Å². The lowest BCUT2D eigenvalue weighted by molar-refractivity contribution is -0.0719. The number of piperazine rings is 1. The second-order valence-electron chi connectivity index (χ2n) is 11.5. The van der Waals surface area contributed by atoms with Gasteiger partial charge in [0.1, 0.15) is 18.4 Å². The zero-order chi connectivity index (χ0) is 31.3. The predicted molar refractivity (Wildman–Crippen MR) is 158 cm³/mol. The molecular weight excluding hydrogens is 568 g/mol. The van der Waals surface area contributed by atoms with E-state index in [0.29, 0.717) is 47.2 Å². The fraction of sp³-hybridized carbons (Fsp3) is 0.500. The Kier molecular flexibility index (Phi) is 8.06. The molecule has 0 radical (unpaired) electrons. The number of methoxy groups -OCH3 is 2. The third-order valence-electron chi connectivity index (χ3n) is 9.29. The van der Waals surface area contributed by atoms with Crippen LogP contribution in [0, 0.1) is 25.2 Å². The van der Waals surface area contributed by atoms with E-state index in [0.717, 1.165) is 27.8 Å². The van der Waals surface area contributed by atoms with E-state index in [1.807, 2.05) is 20.9 Å². The molecule has 2 aromatic rings. The van der Waals surface area contributed by atoms with Gasteiger partial charge in [0.2, 0.25) is 6.79 Å². The number of aryl methyl sites for hydroxylation is 1. The summed E-state index contributed by atoms with van der Waals surface area (Å²) in [7, 11) is 5.26. The summed E-state index contributed by atoms with van der Waals surface area (Å²) in [6.07, 6.45) is 1.68. The minimum absolute atomic E-state index is 0.00679. The van der Waals surface area contributed by atoms with Crippen molar-refractivity contribution in [3.05, 3.63) is 52.1 Å². The van der Waals surface area contributed by atoms with E-state index in [1.54, 1.807) is 14.2 Å². The van der Waals surface area contributed by atoms with Crippen LogP contribution in [0.1, 0.15) is 45.5 Å². The first-order valence-corrected chi connectivity index (χ1v) is 14.6. The van der Waals surface area contributed by atoms with Crippen molar-refractivity contribution in [2.45, 2.75) is 56.9 Å². The second kappa shape index (κ2) is 11.8. The molecule has 0 aromatic heterocycles. The number of carbonyl (C=O) groups excluding carboxylic acids is 1. The van der Waals surface area contributed by atoms with Crippen LogP contribution in [0.15, 0.2) is 18.7 Å². The van der Waals surface area contributed by atoms with E-state index < -0.39 is 18.2 Å². The predicted octanol–water partition coefficient (Wildman–Crippen LogP) is 3.45. The maximum atomic E-state index is 12.8. The Morgan fingerprint density at radius 1 is 1.16 bits per heavy atom. The lowest BCUT2D eigenvalue weighted by Gasteiger charge is -2.60. The molecule has 12 nitrogen and oxygen atoms in total. The van der Waals surface area contributed by atoms with Crippen LogP contribution in [0.25, 0.3) is 0 Å². The number of nitriles is 1. The number of carbonyl (C=O) groups is 1. The van der Waals surface area contributed by atoms with Gasteiger partial charge < -0.3 is 38.9 Å². The Morgan fingerprint density at radius 2 is 1.93 bits per heavy atom. The smallest absolute Gasteiger partial charge is 0.493 e. The molecule has 0 spiro atoms. The summed E-state index contributed by atoms with van der Waals surface area (Å²) in [4.78, 5) is 17.3. The Balaban J connectivity index is 1.57. The summed E-state index contributed by atoms with van der Waals surface area (Å²) in [6, 6.07) is 3.25. The van der Waals surface area contributed by atoms with Gasteiger partial charge in [-0.2, -0.15) is 5.26 Å². The minimum atomic E-state index is -0.852. The van der Waals surface area contributed by atoms with Crippen LogP contribution >= 0.6 is 0 Å². The monoisotopic (exact) mass is 606 g/mol. The summed E-state index contributed by atoms with van der Waals surface area (Å²) in [5.41, 5.74) is 11.8. The number of nitrogens with zero attached hydrogens (tertiary/aromatic N) is 3. The molecule has 6 rings (SSSR count). The molecule has 234 valence electrons. The lowest BCUT2D eigenvalue weighted by atomic mass is 9.71. The summed E-state index contributed by atoms with van der Waals surface area (Å²) < 4.78 is 40.4. The summed E-state index contributed by atoms with van der Waals surface area (Å²) in [5, 5.41) is 10.7. The average molecular weight is 607 g/mol. The van der Waals surface area contributed by atoms with Crippen molar-refractivity contribution in [2.75, 3.05) is 48.0 Å². The molecule has 1 fully saturated rings. The number of fused-ring (bicyclic) bond motifs is 9. The molecule has 0 saturated carbocycles. The van der Waals surface area contributed by atoms with Crippen LogP contribution in [-0.4, -0.2) is 82.1 Å². The standard InChI is InChI=1S/C32H38N4O8/c1-7-8-40-32(37)44-28-17(3)29-31(43-15-42-29)25-19(28)11-21-26-24-18(9-16(2)27(39-6)30(24)41-14-38-5)10-20(35(26)4)22(12-33)36(21)23(25)13-34/h7,9,20-23,26H,1,8,10-11,13-15,34H2,2-6H3/t20-,21?,22+,23+,26-/m1/s1. The molecule has 4 heterocycles. The molecule has 4 aliphatic heterocycles. The van der Waals surface area contributed by atoms with E-state index in [1.165, 1.54) is 6.08 Å². The number of likely N-dealkylation sites (N-methyl/N-ethyl adjacent to an activating group) is 1. The first-order valence-electron chi connectivity index (χ1n) is 14.6. The molecule has 0 amide bonds. The SMILES string of the molecule is C=CCOC(=O)Oc1c(C)c2c(c3c1CC1[C@@H]4c5c(cc(C)c(OC)c5OCOC)C[C@H]([C@H](C#N)N1[C@H]3CN)N4C)OCO2. The van der Waals surface area contributed by atoms with E-state index in [9.17, 15) is 10.1 Å². The normalized spacial score (nSPS) is 24.8. The Bertz CT molecular complexity index is 1540. The highest BCUT2D eigenvalue weighted by atomic mass is 16.7. The fourth-order valence-electron chi connectivity index (χ4n) is 7.68. The topological polar surface area (TPSA) is 138 Å². The minimum Gasteiger partial charge on any atom is -0.493 e. The van der Waals surface area contributed by atoms with Crippen molar-refractivity contribution in [3.8, 4) is 34.8 Å². The molecule has 12 heteroatoms. The highest BCUT2D eigenvalue weighted by Gasteiger charge is 2.56. The van der Waals surface area contributed by atoms with Gasteiger partial charge in [-0.3, -0.25) is 9.80 Å². The maximum Gasteiger partial charge on any atom is 0.514 e. The maximum absolute atomic E-state index is 12.8. The van der Waals surface area contributed by atoms with E-state index in [4.69, 9.17) is 38.9 Å². The zero-order valence-corrected chi connectivity index (χ0v) is 25.7. The zero-order valence-electron chi connectivity index (χ0n) is 25.7. The third-order valence-corrected chi connectivity index (χ3v) is 9.29. The molecule has 2 aromatic carbocycles. The van der Waals surface area contributed by atoms with Gasteiger partial charge in [-0.25, -0.2) is 4.79 Å². The second-order valence-corrected chi connectivity index (χ2v) is 11.5. The van der Waals surface area contributed by atoms with Crippen molar-refractivity contribution in [1.82, 2.24) is 9.80 Å². The Hall–Kier alpha value is -4.02. The van der Waals surface area contributed by atoms with Gasteiger partial charge in [0.15, 0.2) is 29.8 Å². The number of rotatable bonds is 8. The number of hydrogen-bond donors (Lipinski definition) is 1. The van der Waals surface area contributed by atoms with Crippen LogP contribution in [0.4, 0.5) is 4.79 Å². The van der Waals surface area contributed by atoms with Crippen LogP contribution in [-0.2, 0) is 22.3 Å². The van der Waals surface area contributed by atoms with E-state index in [-0.39, 0.29) is 44.9 Å². The molecule has 2 bridgehead atoms. The molecule has 2 N–H and O–H groups in total. The van der Waals surface area contributed by atoms with E-state index in [2.05, 4.69) is 28.5 Å². The number of benzene rings is 2. The lowest BCUT2D eigenvalue weighted by Crippen LogP contribution is -2.68. The van der Waals surface area contributed by atoms with Crippen molar-refractivity contribution < 1.29 is 38.0 Å². The molecule has 0 aliphatic carbocycles. The van der Waals surface area contributed by atoms with Crippen LogP contribution in [0.3, 0.4) is 0 Å². The van der Waals surface area contributed by atoms with Gasteiger partial charge in [-0.1, -0.05) is 18.7 Å². The van der Waals surface area contributed by atoms with Gasteiger partial charge in [-0.15, -0.1) is 0 Å². The number of hydrogen-bond acceptors (Lipinski definition) is 12. The van der Waals surface area contributed by atoms with Gasteiger partial charge in [0.05, 0.1) is 25.3 Å². The molecule has 4 aliphatic rings. The van der Waals surface area contributed by atoms with Gasteiger partial charge >= 0.3 is 6.16 Å². The van der Waals surface area contributed by atoms with Crippen LogP contribution < -0.4 is 29.4 Å². The van der Waals surface area contributed by atoms with Gasteiger partial charge in [0, 0.05) is 48.0 Å². The quantitative estimate of drug-likeness (QED) is 0.204. The van der Waals surface area contributed by atoms with E-state index >= 15 is 0 Å². The Labute approximate surface area is 256 Å². The number of nitrogens with two attached hydrogens (primary N) is 1. The highest BCUT2D eigenvalue weighted by molar-refractivity contribution is 5.72. The van der Waals surface area contributed by atoms with Gasteiger partial charge in [-0.05, 0) is 44.9 Å². The highest BCUT2D eigenvalue weighted by Crippen LogP contribution is 2.58. The Morgan fingerprint density at radius 3 is 2.61 bits per heavy atom. The molecule has 1 saturated heterocycles. The van der Waals surface area contributed by atoms with Crippen molar-refractivity contribution in [2.24, 2.45) is 5.73 Å². The first kappa shape index (κ1) is 30.0. The average Bonchev–Trinajstić information content (AvgIpc) is 3.51. The van der Waals surface area contributed by atoms with Gasteiger partial charge in [0.25, 0.3) is 0 Å². The summed E-state index contributed by atoms with van der Waals surface area (Å²) in [5.74, 6) is 2.68. The third kappa shape index (κ3) is 4.45. The largest absolute Gasteiger partial charge is 0.514 e. The van der Waals surface area contributed by atoms with Crippen LogP contribution in [0.2, 0.25) is 0 Å². The van der Waals surface area contributed by atoms with Crippen LogP contribution in [0.5, 0.6) is 28.7 Å². The molecule has 44 heavy (non-hydrogen) atoms. The molecular formula is C32H38N4O8. The molecule has 5 atom stereocenters. The van der Waals surface area contributed by atoms with Crippen molar-refractivity contribution in [3.63, 3.8) is 0 Å². The fourth-order valence-corrected chi connectivity index (χ4v) is 7.68. The number of ether oxygens (including phenoxy) is 7. The first-order chi connectivity index (χ1) is 21.3.